The molecule has 3 heterocycles. The van der Waals surface area contributed by atoms with Crippen LogP contribution in [-0.2, 0) is 19.2 Å². The van der Waals surface area contributed by atoms with E-state index in [0.717, 1.165) is 25.7 Å². The Kier molecular flexibility index (Phi) is 8.62. The van der Waals surface area contributed by atoms with Gasteiger partial charge in [0, 0.05) is 24.9 Å². The molecule has 6 N–H and O–H groups in total. The number of rotatable bonds is 8. The molecule has 0 spiro atoms. The highest BCUT2D eigenvalue weighted by Crippen LogP contribution is 2.49. The summed E-state index contributed by atoms with van der Waals surface area (Å²) < 4.78 is 29.7. The van der Waals surface area contributed by atoms with Gasteiger partial charge in [0.15, 0.2) is 0 Å². The van der Waals surface area contributed by atoms with E-state index in [1.165, 1.54) is 4.90 Å². The first-order valence-electron chi connectivity index (χ1n) is 12.4. The molecule has 3 saturated heterocycles. The number of piperidine rings is 3. The van der Waals surface area contributed by atoms with Crippen molar-refractivity contribution in [3.63, 3.8) is 0 Å². The monoisotopic (exact) mass is 519 g/mol. The van der Waals surface area contributed by atoms with Gasteiger partial charge in [-0.2, -0.15) is 0 Å². The molecule has 2 aliphatic carbocycles. The van der Waals surface area contributed by atoms with Crippen LogP contribution in [-0.4, -0.2) is 65.2 Å². The Bertz CT molecular complexity index is 843. The van der Waals surface area contributed by atoms with Crippen molar-refractivity contribution in [3.8, 4) is 0 Å². The Labute approximate surface area is 209 Å². The minimum Gasteiger partial charge on any atom is -0.368 e. The average molecular weight is 520 g/mol. The summed E-state index contributed by atoms with van der Waals surface area (Å²) >= 11 is 0. The molecular weight excluding hydrogens is 484 g/mol. The lowest BCUT2D eigenvalue weighted by Crippen LogP contribution is -2.70. The molecule has 0 aromatic carbocycles. The topological polar surface area (TPSA) is 148 Å². The Morgan fingerprint density at radius 1 is 1.11 bits per heavy atom. The summed E-state index contributed by atoms with van der Waals surface area (Å²) in [6, 6.07) is -4.27. The van der Waals surface area contributed by atoms with Crippen LogP contribution < -0.4 is 22.1 Å². The second-order valence-electron chi connectivity index (χ2n) is 10.5. The standard InChI is InChI=1S/C23H35F2N5O4.ClH/c24-23(25)11-14-6-7-15(23)18(30(14)22(34)16(26)9-12-3-1-4-12)21(33)29-17(19(27)31)10-13-5-2-8-28-20(13)32;/h12-18H,1-11,26H2,(H2,27,31)(H,28,32)(H,29,33);1H/t13-,14-,15-,16-,17-,18-;/m0./s1. The summed E-state index contributed by atoms with van der Waals surface area (Å²) in [4.78, 5) is 52.1. The van der Waals surface area contributed by atoms with Gasteiger partial charge in [-0.3, -0.25) is 19.2 Å². The summed E-state index contributed by atoms with van der Waals surface area (Å²) in [5.41, 5.74) is 11.7. The highest BCUT2D eigenvalue weighted by atomic mass is 35.5. The van der Waals surface area contributed by atoms with Gasteiger partial charge in [0.25, 0.3) is 5.92 Å². The highest BCUT2D eigenvalue weighted by Gasteiger charge is 2.61. The Morgan fingerprint density at radius 2 is 1.83 bits per heavy atom. The van der Waals surface area contributed by atoms with Crippen molar-refractivity contribution in [2.45, 2.75) is 94.3 Å². The van der Waals surface area contributed by atoms with Crippen LogP contribution in [0.15, 0.2) is 0 Å². The molecule has 9 nitrogen and oxygen atoms in total. The van der Waals surface area contributed by atoms with Crippen molar-refractivity contribution in [1.82, 2.24) is 15.5 Å². The third-order valence-electron chi connectivity index (χ3n) is 8.17. The summed E-state index contributed by atoms with van der Waals surface area (Å²) in [6.07, 6.45) is 4.78. The molecule has 6 atom stereocenters. The second kappa shape index (κ2) is 10.9. The molecule has 2 bridgehead atoms. The van der Waals surface area contributed by atoms with Crippen LogP contribution in [0.1, 0.15) is 64.2 Å². The SMILES string of the molecule is Cl.NC(=O)[C@H](C[C@@H]1CCCNC1=O)NC(=O)[C@@H]1[C@@H]2CC[C@@H](CC2(F)F)N1C(=O)[C@@H](N)CC1CCC1. The number of fused-ring (bicyclic) bond motifs is 3. The van der Waals surface area contributed by atoms with Gasteiger partial charge in [0.2, 0.25) is 23.6 Å². The number of nitrogens with one attached hydrogen (secondary N) is 2. The van der Waals surface area contributed by atoms with Gasteiger partial charge in [-0.05, 0) is 44.4 Å². The quantitative estimate of drug-likeness (QED) is 0.375. The predicted molar refractivity (Wildman–Crippen MR) is 125 cm³/mol. The van der Waals surface area contributed by atoms with E-state index in [1.807, 2.05) is 0 Å². The summed E-state index contributed by atoms with van der Waals surface area (Å²) in [7, 11) is 0. The third kappa shape index (κ3) is 5.71. The van der Waals surface area contributed by atoms with Gasteiger partial charge < -0.3 is 27.0 Å². The Hall–Kier alpha value is -2.01. The number of hydrogen-bond donors (Lipinski definition) is 4. The fraction of sp³-hybridized carbons (Fsp3) is 0.826. The first kappa shape index (κ1) is 27.6. The maximum atomic E-state index is 14.8. The van der Waals surface area contributed by atoms with Crippen LogP contribution in [0.2, 0.25) is 0 Å². The van der Waals surface area contributed by atoms with Crippen molar-refractivity contribution in [2.75, 3.05) is 6.54 Å². The Balaban J connectivity index is 0.00000342. The first-order valence-corrected chi connectivity index (χ1v) is 12.4. The second-order valence-corrected chi connectivity index (χ2v) is 10.5. The molecule has 0 radical (unpaired) electrons. The zero-order chi connectivity index (χ0) is 24.6. The van der Waals surface area contributed by atoms with E-state index in [2.05, 4.69) is 10.6 Å². The highest BCUT2D eigenvalue weighted by molar-refractivity contribution is 5.94. The maximum absolute atomic E-state index is 14.8. The molecule has 35 heavy (non-hydrogen) atoms. The van der Waals surface area contributed by atoms with Crippen LogP contribution in [0.25, 0.3) is 0 Å². The lowest BCUT2D eigenvalue weighted by Gasteiger charge is -2.54. The number of primary amides is 1. The van der Waals surface area contributed by atoms with Crippen molar-refractivity contribution < 1.29 is 28.0 Å². The maximum Gasteiger partial charge on any atom is 0.255 e. The first-order chi connectivity index (χ1) is 16.1. The van der Waals surface area contributed by atoms with Crippen LogP contribution in [0.5, 0.6) is 0 Å². The van der Waals surface area contributed by atoms with Crippen molar-refractivity contribution >= 4 is 36.0 Å². The molecule has 0 unspecified atom stereocenters. The molecule has 198 valence electrons. The lowest BCUT2D eigenvalue weighted by molar-refractivity contribution is -0.195. The number of carbonyl (C=O) groups excluding carboxylic acids is 4. The third-order valence-corrected chi connectivity index (χ3v) is 8.17. The van der Waals surface area contributed by atoms with Crippen LogP contribution >= 0.6 is 12.4 Å². The molecule has 0 aromatic rings. The largest absolute Gasteiger partial charge is 0.368 e. The van der Waals surface area contributed by atoms with Gasteiger partial charge in [-0.15, -0.1) is 12.4 Å². The number of nitrogens with zero attached hydrogens (tertiary/aromatic N) is 1. The number of alkyl halides is 2. The summed E-state index contributed by atoms with van der Waals surface area (Å²) in [6.45, 7) is 0.543. The fourth-order valence-electron chi connectivity index (χ4n) is 6.05. The molecule has 5 rings (SSSR count). The van der Waals surface area contributed by atoms with Gasteiger partial charge in [0.05, 0.1) is 12.0 Å². The van der Waals surface area contributed by atoms with E-state index in [0.29, 0.717) is 31.7 Å². The number of carbonyl (C=O) groups is 4. The molecule has 4 amide bonds. The molecule has 0 aromatic heterocycles. The van der Waals surface area contributed by atoms with E-state index in [4.69, 9.17) is 11.5 Å². The molecule has 2 saturated carbocycles. The summed E-state index contributed by atoms with van der Waals surface area (Å²) in [5.74, 6) is -7.03. The van der Waals surface area contributed by atoms with Gasteiger partial charge in [0.1, 0.15) is 12.1 Å². The number of amides is 4. The number of hydrogen-bond acceptors (Lipinski definition) is 5. The van der Waals surface area contributed by atoms with Gasteiger partial charge in [-0.25, -0.2) is 8.78 Å². The van der Waals surface area contributed by atoms with Gasteiger partial charge in [-0.1, -0.05) is 19.3 Å². The number of halogens is 3. The van der Waals surface area contributed by atoms with E-state index < -0.39 is 66.1 Å². The van der Waals surface area contributed by atoms with E-state index in [-0.39, 0.29) is 31.2 Å². The molecule has 5 fully saturated rings. The van der Waals surface area contributed by atoms with E-state index >= 15 is 0 Å². The van der Waals surface area contributed by atoms with Crippen LogP contribution in [0, 0.1) is 17.8 Å². The normalized spacial score (nSPS) is 31.4. The Morgan fingerprint density at radius 3 is 2.40 bits per heavy atom. The zero-order valence-electron chi connectivity index (χ0n) is 19.7. The predicted octanol–water partition coefficient (Wildman–Crippen LogP) is 0.827. The van der Waals surface area contributed by atoms with E-state index in [1.54, 1.807) is 0 Å². The summed E-state index contributed by atoms with van der Waals surface area (Å²) in [5, 5.41) is 5.22. The molecular formula is C23H36ClF2N5O4. The smallest absolute Gasteiger partial charge is 0.255 e. The minimum absolute atomic E-state index is 0. The number of nitrogens with two attached hydrogens (primary N) is 2. The van der Waals surface area contributed by atoms with Crippen molar-refractivity contribution in [1.29, 1.82) is 0 Å². The lowest BCUT2D eigenvalue weighted by atomic mass is 9.71. The van der Waals surface area contributed by atoms with E-state index in [9.17, 15) is 28.0 Å². The van der Waals surface area contributed by atoms with Gasteiger partial charge >= 0.3 is 0 Å². The van der Waals surface area contributed by atoms with Crippen LogP contribution in [0.3, 0.4) is 0 Å². The van der Waals surface area contributed by atoms with Crippen molar-refractivity contribution in [3.05, 3.63) is 0 Å². The minimum atomic E-state index is -3.11. The van der Waals surface area contributed by atoms with Crippen LogP contribution in [0.4, 0.5) is 8.78 Å². The fourth-order valence-corrected chi connectivity index (χ4v) is 6.05. The average Bonchev–Trinajstić information content (AvgIpc) is 2.75. The molecule has 3 aliphatic heterocycles. The zero-order valence-corrected chi connectivity index (χ0v) is 20.5. The molecule has 5 aliphatic rings. The molecule has 12 heteroatoms. The van der Waals surface area contributed by atoms with Crippen molar-refractivity contribution in [2.24, 2.45) is 29.2 Å².